The molecule has 0 unspecified atom stereocenters. The second-order valence-corrected chi connectivity index (χ2v) is 4.94. The van der Waals surface area contributed by atoms with Gasteiger partial charge in [-0.1, -0.05) is 22.0 Å². The molecule has 5 heteroatoms. The lowest BCUT2D eigenvalue weighted by Crippen LogP contribution is -1.82. The predicted molar refractivity (Wildman–Crippen MR) is 72.6 cm³/mol. The Morgan fingerprint density at radius 3 is 2.88 bits per heavy atom. The van der Waals surface area contributed by atoms with E-state index in [2.05, 4.69) is 49.0 Å². The highest BCUT2D eigenvalue weighted by atomic mass is 79.9. The van der Waals surface area contributed by atoms with Crippen LogP contribution in [-0.2, 0) is 7.05 Å². The van der Waals surface area contributed by atoms with Gasteiger partial charge in [0.1, 0.15) is 5.82 Å². The van der Waals surface area contributed by atoms with Gasteiger partial charge in [-0.15, -0.1) is 0 Å². The van der Waals surface area contributed by atoms with Crippen LogP contribution in [0.2, 0.25) is 0 Å². The van der Waals surface area contributed by atoms with Crippen LogP contribution in [0.15, 0.2) is 34.9 Å². The van der Waals surface area contributed by atoms with Gasteiger partial charge in [0.15, 0.2) is 0 Å². The number of hydrogen-bond acceptors (Lipinski definition) is 2. The average Bonchev–Trinajstić information content (AvgIpc) is 2.84. The van der Waals surface area contributed by atoms with Gasteiger partial charge in [0, 0.05) is 40.2 Å². The number of halogens is 1. The standard InChI is InChI=1S/C12H11BrN4/c1-17-6-9(10-5-12(14)16-15-10)8-3-2-7(13)4-11(8)17/h2-6H,1H3,(H3,14,15,16). The van der Waals surface area contributed by atoms with Crippen molar-refractivity contribution in [3.8, 4) is 11.3 Å². The van der Waals surface area contributed by atoms with Crippen LogP contribution in [0.4, 0.5) is 5.82 Å². The minimum atomic E-state index is 0.508. The van der Waals surface area contributed by atoms with Crippen molar-refractivity contribution in [2.45, 2.75) is 0 Å². The van der Waals surface area contributed by atoms with Crippen LogP contribution < -0.4 is 5.73 Å². The third-order valence-corrected chi connectivity index (χ3v) is 3.33. The minimum absolute atomic E-state index is 0.508. The number of aromatic amines is 1. The molecule has 0 spiro atoms. The first-order valence-corrected chi connectivity index (χ1v) is 6.00. The van der Waals surface area contributed by atoms with Crippen molar-refractivity contribution in [3.05, 3.63) is 34.9 Å². The van der Waals surface area contributed by atoms with Crippen molar-refractivity contribution in [1.82, 2.24) is 14.8 Å². The largest absolute Gasteiger partial charge is 0.382 e. The Labute approximate surface area is 107 Å². The van der Waals surface area contributed by atoms with Crippen LogP contribution in [0.25, 0.3) is 22.2 Å². The van der Waals surface area contributed by atoms with Crippen LogP contribution in [-0.4, -0.2) is 14.8 Å². The fourth-order valence-electron chi connectivity index (χ4n) is 2.05. The molecule has 0 radical (unpaired) electrons. The van der Waals surface area contributed by atoms with Gasteiger partial charge in [0.25, 0.3) is 0 Å². The third kappa shape index (κ3) is 1.63. The topological polar surface area (TPSA) is 59.6 Å². The molecule has 3 aromatic rings. The summed E-state index contributed by atoms with van der Waals surface area (Å²) in [7, 11) is 2.03. The molecule has 3 rings (SSSR count). The monoisotopic (exact) mass is 290 g/mol. The van der Waals surface area contributed by atoms with Crippen molar-refractivity contribution >= 4 is 32.7 Å². The van der Waals surface area contributed by atoms with Gasteiger partial charge < -0.3 is 10.3 Å². The number of H-pyrrole nitrogens is 1. The second-order valence-electron chi connectivity index (χ2n) is 4.02. The molecule has 0 saturated heterocycles. The molecule has 4 nitrogen and oxygen atoms in total. The van der Waals surface area contributed by atoms with Crippen molar-refractivity contribution in [3.63, 3.8) is 0 Å². The lowest BCUT2D eigenvalue weighted by Gasteiger charge is -1.96. The summed E-state index contributed by atoms with van der Waals surface area (Å²) in [5, 5.41) is 8.08. The van der Waals surface area contributed by atoms with Crippen molar-refractivity contribution in [1.29, 1.82) is 0 Å². The molecule has 0 fully saturated rings. The highest BCUT2D eigenvalue weighted by Crippen LogP contribution is 2.31. The van der Waals surface area contributed by atoms with Gasteiger partial charge >= 0.3 is 0 Å². The van der Waals surface area contributed by atoms with E-state index in [1.54, 1.807) is 0 Å². The van der Waals surface area contributed by atoms with Gasteiger partial charge in [-0.05, 0) is 12.1 Å². The molecule has 17 heavy (non-hydrogen) atoms. The summed E-state index contributed by atoms with van der Waals surface area (Å²) in [5.41, 5.74) is 8.85. The zero-order chi connectivity index (χ0) is 12.0. The maximum Gasteiger partial charge on any atom is 0.145 e. The van der Waals surface area contributed by atoms with Gasteiger partial charge in [-0.25, -0.2) is 0 Å². The van der Waals surface area contributed by atoms with Gasteiger partial charge in [-0.3, -0.25) is 5.10 Å². The predicted octanol–water partition coefficient (Wildman–Crippen LogP) is 2.91. The molecule has 0 aliphatic carbocycles. The lowest BCUT2D eigenvalue weighted by molar-refractivity contribution is 0.968. The second kappa shape index (κ2) is 3.63. The van der Waals surface area contributed by atoms with Crippen molar-refractivity contribution in [2.24, 2.45) is 7.05 Å². The summed E-state index contributed by atoms with van der Waals surface area (Å²) in [6, 6.07) is 8.06. The first-order chi connectivity index (χ1) is 8.15. The van der Waals surface area contributed by atoms with E-state index in [9.17, 15) is 0 Å². The summed E-state index contributed by atoms with van der Waals surface area (Å²) in [4.78, 5) is 0. The zero-order valence-electron chi connectivity index (χ0n) is 9.24. The molecule has 86 valence electrons. The normalized spacial score (nSPS) is 11.2. The van der Waals surface area contributed by atoms with Crippen LogP contribution in [0.3, 0.4) is 0 Å². The lowest BCUT2D eigenvalue weighted by atomic mass is 10.1. The maximum absolute atomic E-state index is 5.63. The molecule has 0 atom stereocenters. The number of fused-ring (bicyclic) bond motifs is 1. The number of nitrogen functional groups attached to an aromatic ring is 1. The molecule has 3 N–H and O–H groups in total. The molecular formula is C12H11BrN4. The Hall–Kier alpha value is -1.75. The number of rotatable bonds is 1. The highest BCUT2D eigenvalue weighted by molar-refractivity contribution is 9.10. The van der Waals surface area contributed by atoms with Gasteiger partial charge in [-0.2, -0.15) is 5.10 Å². The summed E-state index contributed by atoms with van der Waals surface area (Å²) >= 11 is 3.48. The highest BCUT2D eigenvalue weighted by Gasteiger charge is 2.10. The Kier molecular flexibility index (Phi) is 2.22. The number of nitrogens with zero attached hydrogens (tertiary/aromatic N) is 2. The molecule has 0 amide bonds. The van der Waals surface area contributed by atoms with Crippen LogP contribution in [0.1, 0.15) is 0 Å². The summed E-state index contributed by atoms with van der Waals surface area (Å²) in [6.45, 7) is 0. The summed E-state index contributed by atoms with van der Waals surface area (Å²) in [5.74, 6) is 0.508. The van der Waals surface area contributed by atoms with E-state index in [4.69, 9.17) is 5.73 Å². The number of aryl methyl sites for hydroxylation is 1. The van der Waals surface area contributed by atoms with E-state index < -0.39 is 0 Å². The number of aromatic nitrogens is 3. The Morgan fingerprint density at radius 1 is 1.35 bits per heavy atom. The molecule has 2 heterocycles. The maximum atomic E-state index is 5.63. The van der Waals surface area contributed by atoms with Gasteiger partial charge in [0.2, 0.25) is 0 Å². The number of benzene rings is 1. The zero-order valence-corrected chi connectivity index (χ0v) is 10.8. The molecule has 0 aliphatic rings. The fraction of sp³-hybridized carbons (Fsp3) is 0.0833. The van der Waals surface area contributed by atoms with Crippen LogP contribution >= 0.6 is 15.9 Å². The quantitative estimate of drug-likeness (QED) is 0.724. The number of hydrogen-bond donors (Lipinski definition) is 2. The summed E-state index contributed by atoms with van der Waals surface area (Å²) in [6.07, 6.45) is 2.07. The first kappa shape index (κ1) is 10.4. The van der Waals surface area contributed by atoms with E-state index in [0.717, 1.165) is 15.7 Å². The Balaban J connectivity index is 2.31. The fourth-order valence-corrected chi connectivity index (χ4v) is 2.40. The van der Waals surface area contributed by atoms with E-state index in [0.29, 0.717) is 5.82 Å². The number of nitrogens with two attached hydrogens (primary N) is 1. The summed E-state index contributed by atoms with van der Waals surface area (Å²) < 4.78 is 3.16. The van der Waals surface area contributed by atoms with Crippen molar-refractivity contribution in [2.75, 3.05) is 5.73 Å². The Bertz CT molecular complexity index is 696. The van der Waals surface area contributed by atoms with Gasteiger partial charge in [0.05, 0.1) is 5.69 Å². The number of nitrogens with one attached hydrogen (secondary N) is 1. The smallest absolute Gasteiger partial charge is 0.145 e. The third-order valence-electron chi connectivity index (χ3n) is 2.84. The Morgan fingerprint density at radius 2 is 2.18 bits per heavy atom. The van der Waals surface area contributed by atoms with E-state index in [1.165, 1.54) is 10.9 Å². The molecule has 0 saturated carbocycles. The SMILES string of the molecule is Cn1cc(-c2cc(N)n[nH]2)c2ccc(Br)cc21. The van der Waals surface area contributed by atoms with E-state index in [-0.39, 0.29) is 0 Å². The van der Waals surface area contributed by atoms with Crippen LogP contribution in [0, 0.1) is 0 Å². The minimum Gasteiger partial charge on any atom is -0.382 e. The average molecular weight is 291 g/mol. The molecule has 0 bridgehead atoms. The van der Waals surface area contributed by atoms with E-state index in [1.807, 2.05) is 19.2 Å². The molecule has 1 aromatic carbocycles. The number of anilines is 1. The molecule has 2 aromatic heterocycles. The van der Waals surface area contributed by atoms with Crippen molar-refractivity contribution < 1.29 is 0 Å². The van der Waals surface area contributed by atoms with E-state index >= 15 is 0 Å². The molecule has 0 aliphatic heterocycles. The molecular weight excluding hydrogens is 280 g/mol. The van der Waals surface area contributed by atoms with Crippen LogP contribution in [0.5, 0.6) is 0 Å². The first-order valence-electron chi connectivity index (χ1n) is 5.21.